The molecule has 3 nitrogen and oxygen atoms in total. The van der Waals surface area contributed by atoms with Gasteiger partial charge in [-0.15, -0.1) is 0 Å². The van der Waals surface area contributed by atoms with Gasteiger partial charge >= 0.3 is 6.41 Å². The van der Waals surface area contributed by atoms with Gasteiger partial charge in [-0.1, -0.05) is 0 Å². The summed E-state index contributed by atoms with van der Waals surface area (Å²) in [5.74, 6) is 0. The van der Waals surface area contributed by atoms with Crippen LogP contribution in [-0.4, -0.2) is 11.6 Å². The van der Waals surface area contributed by atoms with Crippen molar-refractivity contribution >= 4 is 6.41 Å². The van der Waals surface area contributed by atoms with Crippen LogP contribution < -0.4 is 5.48 Å². The van der Waals surface area contributed by atoms with E-state index in [2.05, 4.69) is 0 Å². The molecule has 2 N–H and O–H groups in total. The van der Waals surface area contributed by atoms with Crippen LogP contribution in [0.25, 0.3) is 0 Å². The molecule has 0 rings (SSSR count). The van der Waals surface area contributed by atoms with Crippen molar-refractivity contribution in [3.05, 3.63) is 0 Å². The van der Waals surface area contributed by atoms with Crippen molar-refractivity contribution in [2.75, 3.05) is 0 Å². The molecule has 0 aliphatic heterocycles. The first-order valence-corrected chi connectivity index (χ1v) is 0.678. The summed E-state index contributed by atoms with van der Waals surface area (Å²) in [6.45, 7) is 0. The molecule has 0 unspecified atom stereocenters. The Morgan fingerprint density at radius 1 is 2.00 bits per heavy atom. The van der Waals surface area contributed by atoms with Crippen LogP contribution in [0.2, 0.25) is 0 Å². The summed E-state index contributed by atoms with van der Waals surface area (Å²) in [4.78, 5) is 8.69. The molecule has 0 heterocycles. The number of hydroxylamine groups is 1. The van der Waals surface area contributed by atoms with Crippen molar-refractivity contribution in [1.82, 2.24) is 5.48 Å². The minimum atomic E-state index is 0.986. The molecule has 0 bridgehead atoms. The van der Waals surface area contributed by atoms with E-state index in [-0.39, 0.29) is 0 Å². The van der Waals surface area contributed by atoms with Crippen LogP contribution in [0.15, 0.2) is 0 Å². The normalized spacial score (nSPS) is 5.25. The van der Waals surface area contributed by atoms with Crippen LogP contribution in [0.4, 0.5) is 0 Å². The highest BCUT2D eigenvalue weighted by molar-refractivity contribution is 5.44. The summed E-state index contributed by atoms with van der Waals surface area (Å²) in [6.07, 6.45) is 0.986. The van der Waals surface area contributed by atoms with Crippen LogP contribution in [0, 0.1) is 0 Å². The van der Waals surface area contributed by atoms with E-state index in [1.165, 1.54) is 0 Å². The Labute approximate surface area is 23.2 Å². The van der Waals surface area contributed by atoms with Gasteiger partial charge in [0.25, 0.3) is 0 Å². The maximum atomic E-state index is 8.69. The summed E-state index contributed by atoms with van der Waals surface area (Å²) in [5.41, 5.74) is 1.12. The second kappa shape index (κ2) is 2.43. The zero-order chi connectivity index (χ0) is 3.41. The number of hydrogen-bond donors (Lipinski definition) is 2. The molecule has 0 spiro atoms. The number of hydrogen-bond acceptors (Lipinski definition) is 2. The average Bonchev–Trinajstić information content (AvgIpc) is 1.37. The maximum absolute atomic E-state index is 8.69. The van der Waals surface area contributed by atoms with Crippen molar-refractivity contribution in [3.8, 4) is 0 Å². The Balaban J connectivity index is 2.30. The van der Waals surface area contributed by atoms with Crippen LogP contribution in [-0.2, 0) is 4.79 Å². The van der Waals surface area contributed by atoms with Gasteiger partial charge in [0.1, 0.15) is 0 Å². The highest BCUT2D eigenvalue weighted by Crippen LogP contribution is 1.08. The Morgan fingerprint density at radius 2 is 2.25 bits per heavy atom. The van der Waals surface area contributed by atoms with Gasteiger partial charge in [-0.25, -0.2) is 5.48 Å². The van der Waals surface area contributed by atoms with Crippen molar-refractivity contribution < 1.29 is 10.0 Å². The van der Waals surface area contributed by atoms with E-state index in [0.29, 0.717) is 0 Å². The molecule has 4 heavy (non-hydrogen) atoms. The number of amides is 1. The molecule has 0 aliphatic rings. The largest absolute Gasteiger partial charge is 0.334 e. The molecule has 0 atom stereocenters. The first-order chi connectivity index (χ1) is 1.91. The van der Waals surface area contributed by atoms with Crippen LogP contribution in [0.5, 0.6) is 0 Å². The summed E-state index contributed by atoms with van der Waals surface area (Å²) >= 11 is 0. The first-order valence-electron chi connectivity index (χ1n) is 0.678. The predicted octanol–water partition coefficient (Wildman–Crippen LogP) is -0.968. The Hall–Kier alpha value is -0.570. The second-order valence-electron chi connectivity index (χ2n) is 0.214. The van der Waals surface area contributed by atoms with Crippen LogP contribution in [0.3, 0.4) is 0 Å². The zero-order valence-electron chi connectivity index (χ0n) is 1.86. The lowest BCUT2D eigenvalue weighted by molar-refractivity contribution is 0.227. The fraction of sp³-hybridized carbons (Fsp3) is 0. The number of carbonyl (C=O) groups excluding carboxylic acids is 1. The van der Waals surface area contributed by atoms with Gasteiger partial charge in [-0.2, -0.15) is 0 Å². The molecule has 0 aromatic carbocycles. The quantitative estimate of drug-likeness (QED) is 0.232. The Bertz CT molecular complexity index is 20.0. The molecular weight excluding hydrogens is 58.0 g/mol. The van der Waals surface area contributed by atoms with E-state index in [1.807, 2.05) is 0 Å². The fourth-order valence-corrected chi connectivity index (χ4v) is 0. The van der Waals surface area contributed by atoms with Crippen molar-refractivity contribution in [3.63, 3.8) is 0 Å². The molecular formula is CH2NO2. The van der Waals surface area contributed by atoms with Gasteiger partial charge < -0.3 is 0 Å². The van der Waals surface area contributed by atoms with Gasteiger partial charge in [0.2, 0.25) is 0 Å². The number of rotatable bonds is 1. The zero-order valence-corrected chi connectivity index (χ0v) is 1.86. The minimum absolute atomic E-state index is 0.986. The van der Waals surface area contributed by atoms with Crippen molar-refractivity contribution in [2.24, 2.45) is 0 Å². The van der Waals surface area contributed by atoms with E-state index >= 15 is 0 Å². The standard InChI is InChI=1S/CH2NO2/c3-1-2-4/h4H,(H,2,3). The first kappa shape index (κ1) is 3.43. The van der Waals surface area contributed by atoms with Gasteiger partial charge in [-0.3, -0.25) is 10.0 Å². The molecule has 0 aromatic heterocycles. The second-order valence-corrected chi connectivity index (χ2v) is 0.214. The third kappa shape index (κ3) is 1.43. The number of nitrogens with one attached hydrogen (secondary N) is 1. The van der Waals surface area contributed by atoms with E-state index in [1.54, 1.807) is 0 Å². The average molecular weight is 60.0 g/mol. The fourth-order valence-electron chi connectivity index (χ4n) is 0. The van der Waals surface area contributed by atoms with Crippen LogP contribution >= 0.6 is 0 Å². The molecule has 3 heteroatoms. The highest BCUT2D eigenvalue weighted by Gasteiger charge is 1.49. The lowest BCUT2D eigenvalue weighted by Gasteiger charge is -1.61. The third-order valence-electron chi connectivity index (χ3n) is 0.0456. The van der Waals surface area contributed by atoms with Crippen molar-refractivity contribution in [2.45, 2.75) is 0 Å². The summed E-state index contributed by atoms with van der Waals surface area (Å²) in [6, 6.07) is 0. The summed E-state index contributed by atoms with van der Waals surface area (Å²) in [5, 5.41) is 7.20. The highest BCUT2D eigenvalue weighted by atomic mass is 16.5. The van der Waals surface area contributed by atoms with E-state index in [9.17, 15) is 0 Å². The molecule has 0 saturated carbocycles. The molecule has 23 valence electrons. The molecule has 0 aliphatic carbocycles. The Morgan fingerprint density at radius 3 is 2.25 bits per heavy atom. The van der Waals surface area contributed by atoms with Gasteiger partial charge in [-0.05, 0) is 0 Å². The SMILES string of the molecule is O=[C]NO. The minimum Gasteiger partial charge on any atom is -0.288 e. The summed E-state index contributed by atoms with van der Waals surface area (Å²) < 4.78 is 0. The van der Waals surface area contributed by atoms with Gasteiger partial charge in [0.15, 0.2) is 0 Å². The van der Waals surface area contributed by atoms with E-state index < -0.39 is 0 Å². The topological polar surface area (TPSA) is 49.3 Å². The molecule has 1 amide bonds. The Kier molecular flexibility index (Phi) is 2.08. The monoisotopic (exact) mass is 60.0 g/mol. The molecule has 0 saturated heterocycles. The van der Waals surface area contributed by atoms with E-state index in [0.717, 1.165) is 11.9 Å². The van der Waals surface area contributed by atoms with Gasteiger partial charge in [0, 0.05) is 0 Å². The van der Waals surface area contributed by atoms with E-state index in [4.69, 9.17) is 10.0 Å². The maximum Gasteiger partial charge on any atom is 0.334 e. The molecule has 0 aromatic rings. The van der Waals surface area contributed by atoms with Crippen LogP contribution in [0.1, 0.15) is 0 Å². The molecule has 0 fully saturated rings. The smallest absolute Gasteiger partial charge is 0.288 e. The summed E-state index contributed by atoms with van der Waals surface area (Å²) in [7, 11) is 0. The predicted molar refractivity (Wildman–Crippen MR) is 10.6 cm³/mol. The van der Waals surface area contributed by atoms with Gasteiger partial charge in [0.05, 0.1) is 0 Å². The third-order valence-corrected chi connectivity index (χ3v) is 0.0456. The van der Waals surface area contributed by atoms with Crippen molar-refractivity contribution in [1.29, 1.82) is 0 Å². The molecule has 1 radical (unpaired) electrons. The lowest BCUT2D eigenvalue weighted by Crippen LogP contribution is -1.99. The lowest BCUT2D eigenvalue weighted by atomic mass is 11.5.